The Bertz CT molecular complexity index is 1280. The predicted molar refractivity (Wildman–Crippen MR) is 112 cm³/mol. The van der Waals surface area contributed by atoms with E-state index in [0.717, 1.165) is 35.5 Å². The number of nitrogens with zero attached hydrogens (tertiary/aromatic N) is 3. The summed E-state index contributed by atoms with van der Waals surface area (Å²) in [7, 11) is -4.63. The fourth-order valence-electron chi connectivity index (χ4n) is 3.25. The van der Waals surface area contributed by atoms with Crippen molar-refractivity contribution in [3.05, 3.63) is 59.7 Å². The number of hydrogen-bond acceptors (Lipinski definition) is 5. The Morgan fingerprint density at radius 2 is 1.94 bits per heavy atom. The van der Waals surface area contributed by atoms with Gasteiger partial charge in [-0.15, -0.1) is 0 Å². The summed E-state index contributed by atoms with van der Waals surface area (Å²) in [5.41, 5.74) is -1.92. The van der Waals surface area contributed by atoms with Crippen molar-refractivity contribution < 1.29 is 35.9 Å². The number of amides is 1. The van der Waals surface area contributed by atoms with Crippen LogP contribution in [0.5, 0.6) is 0 Å². The number of furan rings is 1. The SMILES string of the molecule is CC(C)(C)CN(Cc1cn(S(=O)(=O)c2ccc(CF)o2)c(-c2cccnc2F)c1F)C(=O)O. The lowest BCUT2D eigenvalue weighted by molar-refractivity contribution is 0.122. The Hall–Kier alpha value is -3.28. The fraction of sp³-hybridized carbons (Fsp3) is 0.333. The first-order valence-corrected chi connectivity index (χ1v) is 11.2. The second-order valence-electron chi connectivity index (χ2n) is 8.51. The molecule has 0 aliphatic rings. The van der Waals surface area contributed by atoms with E-state index in [9.17, 15) is 27.1 Å². The van der Waals surface area contributed by atoms with Crippen molar-refractivity contribution in [3.63, 3.8) is 0 Å². The second kappa shape index (κ2) is 8.93. The second-order valence-corrected chi connectivity index (χ2v) is 10.3. The highest BCUT2D eigenvalue weighted by Crippen LogP contribution is 2.33. The molecule has 8 nitrogen and oxygen atoms in total. The van der Waals surface area contributed by atoms with Gasteiger partial charge in [-0.2, -0.15) is 12.8 Å². The average Bonchev–Trinajstić information content (AvgIpc) is 3.33. The van der Waals surface area contributed by atoms with Gasteiger partial charge < -0.3 is 14.4 Å². The van der Waals surface area contributed by atoms with E-state index < -0.39 is 62.9 Å². The molecule has 0 radical (unpaired) electrons. The van der Waals surface area contributed by atoms with Gasteiger partial charge in [0.15, 0.2) is 5.82 Å². The summed E-state index contributed by atoms with van der Waals surface area (Å²) in [5.74, 6) is -2.54. The van der Waals surface area contributed by atoms with Crippen LogP contribution in [0.3, 0.4) is 0 Å². The van der Waals surface area contributed by atoms with Gasteiger partial charge >= 0.3 is 16.1 Å². The summed E-state index contributed by atoms with van der Waals surface area (Å²) in [6.07, 6.45) is 0.630. The minimum absolute atomic E-state index is 0.0222. The zero-order valence-electron chi connectivity index (χ0n) is 18.0. The lowest BCUT2D eigenvalue weighted by Crippen LogP contribution is -2.36. The molecule has 33 heavy (non-hydrogen) atoms. The Balaban J connectivity index is 2.20. The van der Waals surface area contributed by atoms with Crippen LogP contribution in [0, 0.1) is 17.2 Å². The molecule has 0 aliphatic heterocycles. The zero-order valence-corrected chi connectivity index (χ0v) is 18.9. The molecule has 1 N–H and O–H groups in total. The van der Waals surface area contributed by atoms with E-state index in [1.807, 2.05) is 0 Å². The third-order valence-corrected chi connectivity index (χ3v) is 6.11. The minimum atomic E-state index is -4.63. The highest BCUT2D eigenvalue weighted by molar-refractivity contribution is 7.89. The van der Waals surface area contributed by atoms with Crippen LogP contribution < -0.4 is 0 Å². The summed E-state index contributed by atoms with van der Waals surface area (Å²) in [4.78, 5) is 16.1. The van der Waals surface area contributed by atoms with E-state index >= 15 is 4.39 Å². The van der Waals surface area contributed by atoms with E-state index in [2.05, 4.69) is 4.98 Å². The number of rotatable bonds is 7. The normalized spacial score (nSPS) is 12.2. The molecule has 0 aliphatic carbocycles. The van der Waals surface area contributed by atoms with Crippen LogP contribution in [-0.4, -0.2) is 40.0 Å². The fourth-order valence-corrected chi connectivity index (χ4v) is 4.58. The van der Waals surface area contributed by atoms with Crippen LogP contribution in [0.1, 0.15) is 32.1 Å². The van der Waals surface area contributed by atoms with E-state index in [4.69, 9.17) is 4.42 Å². The maximum atomic E-state index is 15.5. The number of carboxylic acid groups (broad SMARTS) is 1. The van der Waals surface area contributed by atoms with Crippen LogP contribution in [0.2, 0.25) is 0 Å². The van der Waals surface area contributed by atoms with E-state index in [0.29, 0.717) is 3.97 Å². The number of hydrogen-bond donors (Lipinski definition) is 1. The van der Waals surface area contributed by atoms with E-state index in [-0.39, 0.29) is 17.9 Å². The van der Waals surface area contributed by atoms with Gasteiger partial charge in [0.1, 0.15) is 18.1 Å². The molecule has 0 aromatic carbocycles. The monoisotopic (exact) mass is 485 g/mol. The van der Waals surface area contributed by atoms with Crippen molar-refractivity contribution in [1.29, 1.82) is 0 Å². The highest BCUT2D eigenvalue weighted by atomic mass is 32.2. The van der Waals surface area contributed by atoms with Gasteiger partial charge in [0.2, 0.25) is 11.0 Å². The van der Waals surface area contributed by atoms with Crippen molar-refractivity contribution in [1.82, 2.24) is 13.9 Å². The minimum Gasteiger partial charge on any atom is -0.465 e. The molecule has 1 amide bonds. The summed E-state index contributed by atoms with van der Waals surface area (Å²) in [6.45, 7) is 3.81. The molecule has 0 fully saturated rings. The molecule has 3 rings (SSSR count). The third-order valence-electron chi connectivity index (χ3n) is 4.58. The summed E-state index contributed by atoms with van der Waals surface area (Å²) in [5, 5.41) is 8.86. The first kappa shape index (κ1) is 24.4. The average molecular weight is 485 g/mol. The molecule has 0 bridgehead atoms. The van der Waals surface area contributed by atoms with Gasteiger partial charge in [-0.1, -0.05) is 20.8 Å². The molecule has 12 heteroatoms. The van der Waals surface area contributed by atoms with Crippen LogP contribution in [-0.2, 0) is 23.2 Å². The van der Waals surface area contributed by atoms with Crippen LogP contribution in [0.25, 0.3) is 11.3 Å². The Kier molecular flexibility index (Phi) is 6.59. The lowest BCUT2D eigenvalue weighted by Gasteiger charge is -2.27. The van der Waals surface area contributed by atoms with Crippen LogP contribution in [0.4, 0.5) is 18.0 Å². The first-order valence-electron chi connectivity index (χ1n) is 9.74. The number of aromatic nitrogens is 2. The molecule has 0 unspecified atom stereocenters. The van der Waals surface area contributed by atoms with Crippen molar-refractivity contribution >= 4 is 16.1 Å². The molecule has 178 valence electrons. The molecular formula is C21H22F3N3O5S. The molecule has 0 saturated carbocycles. The Morgan fingerprint density at radius 3 is 2.48 bits per heavy atom. The molecule has 0 saturated heterocycles. The quantitative estimate of drug-likeness (QED) is 0.488. The van der Waals surface area contributed by atoms with Crippen molar-refractivity contribution in [2.24, 2.45) is 5.41 Å². The number of halogens is 3. The van der Waals surface area contributed by atoms with E-state index in [1.54, 1.807) is 20.8 Å². The zero-order chi connectivity index (χ0) is 24.6. The maximum absolute atomic E-state index is 15.5. The number of pyridine rings is 1. The summed E-state index contributed by atoms with van der Waals surface area (Å²) >= 11 is 0. The van der Waals surface area contributed by atoms with Crippen molar-refractivity contribution in [2.45, 2.75) is 39.1 Å². The van der Waals surface area contributed by atoms with Crippen molar-refractivity contribution in [2.75, 3.05) is 6.54 Å². The van der Waals surface area contributed by atoms with Gasteiger partial charge in [0.25, 0.3) is 0 Å². The molecule has 3 aromatic heterocycles. The molecule has 3 heterocycles. The largest absolute Gasteiger partial charge is 0.465 e. The van der Waals surface area contributed by atoms with E-state index in [1.165, 1.54) is 6.07 Å². The maximum Gasteiger partial charge on any atom is 0.407 e. The van der Waals surface area contributed by atoms with Crippen LogP contribution >= 0.6 is 0 Å². The summed E-state index contributed by atoms with van der Waals surface area (Å²) in [6, 6.07) is 4.52. The van der Waals surface area contributed by atoms with Gasteiger partial charge in [-0.25, -0.2) is 22.5 Å². The molecule has 0 spiro atoms. The number of alkyl halides is 1. The molecule has 0 atom stereocenters. The van der Waals surface area contributed by atoms with Gasteiger partial charge in [-0.05, 0) is 29.7 Å². The van der Waals surface area contributed by atoms with Crippen molar-refractivity contribution in [3.8, 4) is 11.3 Å². The highest BCUT2D eigenvalue weighted by Gasteiger charge is 2.32. The third kappa shape index (κ3) is 5.05. The smallest absolute Gasteiger partial charge is 0.407 e. The summed E-state index contributed by atoms with van der Waals surface area (Å²) < 4.78 is 74.7. The number of carbonyl (C=O) groups is 1. The van der Waals surface area contributed by atoms with Gasteiger partial charge in [0.05, 0.1) is 12.1 Å². The predicted octanol–water partition coefficient (Wildman–Crippen LogP) is 4.65. The first-order chi connectivity index (χ1) is 15.3. The lowest BCUT2D eigenvalue weighted by atomic mass is 9.96. The Morgan fingerprint density at radius 1 is 1.24 bits per heavy atom. The Labute approximate surface area is 188 Å². The topological polar surface area (TPSA) is 106 Å². The van der Waals surface area contributed by atoms with Crippen LogP contribution in [0.15, 0.2) is 46.2 Å². The molecular weight excluding hydrogens is 463 g/mol. The molecule has 3 aromatic rings. The van der Waals surface area contributed by atoms with Gasteiger partial charge in [-0.3, -0.25) is 0 Å². The standard InChI is InChI=1S/C21H22F3N3O5S/c1-21(2,3)12-26(20(28)29)10-13-11-27(33(30,31)16-7-6-14(9-22)32-16)18(17(13)23)15-5-4-8-25-19(15)24/h4-8,11H,9-10,12H2,1-3H3,(H,28,29). The van der Waals surface area contributed by atoms with Gasteiger partial charge in [0, 0.05) is 24.5 Å².